The molecule has 2 heterocycles. The number of fused-ring (bicyclic) bond motifs is 1. The van der Waals surface area contributed by atoms with Crippen LogP contribution >= 0.6 is 11.3 Å². The fraction of sp³-hybridized carbons (Fsp3) is 0.619. The molecular weight excluding hydrogens is 392 g/mol. The van der Waals surface area contributed by atoms with Crippen molar-refractivity contribution in [3.63, 3.8) is 0 Å². The van der Waals surface area contributed by atoms with Crippen LogP contribution < -0.4 is 5.56 Å². The molecule has 2 aromatic rings. The Balaban J connectivity index is 1.77. The molecule has 0 unspecified atom stereocenters. The minimum atomic E-state index is -0.448. The van der Waals surface area contributed by atoms with E-state index < -0.39 is 11.9 Å². The first-order valence-corrected chi connectivity index (χ1v) is 10.9. The third-order valence-corrected chi connectivity index (χ3v) is 6.32. The largest absolute Gasteiger partial charge is 0.461 e. The number of rotatable bonds is 6. The second-order valence-corrected chi connectivity index (χ2v) is 9.29. The highest BCUT2D eigenvalue weighted by Gasteiger charge is 2.24. The van der Waals surface area contributed by atoms with Crippen molar-refractivity contribution in [1.29, 1.82) is 0 Å². The number of hydrogen-bond acceptors (Lipinski definition) is 7. The lowest BCUT2D eigenvalue weighted by Gasteiger charge is -2.26. The first-order valence-electron chi connectivity index (χ1n) is 10.1. The van der Waals surface area contributed by atoms with Crippen molar-refractivity contribution in [2.75, 3.05) is 6.61 Å². The number of aryl methyl sites for hydroxylation is 1. The van der Waals surface area contributed by atoms with E-state index in [4.69, 9.17) is 9.47 Å². The average Bonchev–Trinajstić information content (AvgIpc) is 2.99. The average molecular weight is 421 g/mol. The van der Waals surface area contributed by atoms with Crippen molar-refractivity contribution in [3.05, 3.63) is 27.1 Å². The highest BCUT2D eigenvalue weighted by molar-refractivity contribution is 7.20. The Labute approximate surface area is 174 Å². The van der Waals surface area contributed by atoms with Gasteiger partial charge in [0.05, 0.1) is 18.3 Å². The van der Waals surface area contributed by atoms with Crippen molar-refractivity contribution in [2.45, 2.75) is 66.0 Å². The summed E-state index contributed by atoms with van der Waals surface area (Å²) in [6.45, 7) is 7.91. The van der Waals surface area contributed by atoms with Crippen LogP contribution in [0.15, 0.2) is 11.1 Å². The van der Waals surface area contributed by atoms with E-state index in [0.717, 1.165) is 37.0 Å². The summed E-state index contributed by atoms with van der Waals surface area (Å²) in [5.41, 5.74) is 0.195. The molecule has 0 aromatic carbocycles. The second kappa shape index (κ2) is 9.07. The van der Waals surface area contributed by atoms with Crippen molar-refractivity contribution >= 4 is 33.5 Å². The number of esters is 2. The second-order valence-electron chi connectivity index (χ2n) is 8.29. The number of aromatic nitrogens is 2. The molecule has 1 saturated carbocycles. The van der Waals surface area contributed by atoms with E-state index in [2.05, 4.69) is 11.9 Å². The van der Waals surface area contributed by atoms with Gasteiger partial charge in [-0.25, -0.2) is 9.78 Å². The zero-order chi connectivity index (χ0) is 21.1. The van der Waals surface area contributed by atoms with Gasteiger partial charge in [-0.15, -0.1) is 11.3 Å². The Kier molecular flexibility index (Phi) is 6.72. The smallest absolute Gasteiger partial charge is 0.348 e. The molecule has 0 amide bonds. The van der Waals surface area contributed by atoms with Crippen LogP contribution in [0.2, 0.25) is 0 Å². The molecule has 0 aliphatic heterocycles. The Morgan fingerprint density at radius 1 is 1.34 bits per heavy atom. The first kappa shape index (κ1) is 21.5. The topological polar surface area (TPSA) is 87.5 Å². The molecule has 1 aliphatic carbocycles. The molecule has 1 aliphatic rings. The van der Waals surface area contributed by atoms with Crippen LogP contribution in [0.1, 0.15) is 61.7 Å². The molecule has 1 fully saturated rings. The van der Waals surface area contributed by atoms with Gasteiger partial charge < -0.3 is 9.47 Å². The summed E-state index contributed by atoms with van der Waals surface area (Å²) in [7, 11) is 0. The van der Waals surface area contributed by atoms with E-state index in [1.54, 1.807) is 6.92 Å². The molecule has 3 rings (SSSR count). The van der Waals surface area contributed by atoms with Gasteiger partial charge in [0.1, 0.15) is 22.4 Å². The van der Waals surface area contributed by atoms with E-state index >= 15 is 0 Å². The number of nitrogens with zero attached hydrogens (tertiary/aromatic N) is 2. The van der Waals surface area contributed by atoms with Gasteiger partial charge in [-0.05, 0) is 43.6 Å². The molecule has 2 aromatic heterocycles. The van der Waals surface area contributed by atoms with Crippen LogP contribution in [-0.2, 0) is 20.8 Å². The van der Waals surface area contributed by atoms with E-state index in [-0.39, 0.29) is 24.1 Å². The summed E-state index contributed by atoms with van der Waals surface area (Å²) in [5.74, 6) is -0.112. The monoisotopic (exact) mass is 420 g/mol. The summed E-state index contributed by atoms with van der Waals surface area (Å²) in [4.78, 5) is 42.7. The summed E-state index contributed by atoms with van der Waals surface area (Å²) in [6.07, 6.45) is 5.21. The van der Waals surface area contributed by atoms with Crippen LogP contribution in [0.5, 0.6) is 0 Å². The summed E-state index contributed by atoms with van der Waals surface area (Å²) in [6, 6.07) is 0. The third-order valence-electron chi connectivity index (χ3n) is 5.14. The molecule has 0 radical (unpaired) electrons. The summed E-state index contributed by atoms with van der Waals surface area (Å²) in [5, 5.41) is 0.355. The molecule has 2 atom stereocenters. The number of carbonyl (C=O) groups excluding carboxylic acids is 2. The van der Waals surface area contributed by atoms with Crippen LogP contribution in [-0.4, -0.2) is 34.2 Å². The quantitative estimate of drug-likeness (QED) is 0.662. The number of thiophene rings is 1. The molecule has 0 N–H and O–H groups in total. The summed E-state index contributed by atoms with van der Waals surface area (Å²) >= 11 is 1.14. The van der Waals surface area contributed by atoms with Gasteiger partial charge in [-0.2, -0.15) is 0 Å². The molecular formula is C21H28N2O5S. The standard InChI is InChI=1S/C21H28N2O5S/c1-12(2)10-27-21(26)18-14(4)17-19(29-18)22-11-23(20(17)25)9-16(24)28-15-7-5-6-13(3)8-15/h11-13,15H,5-10H2,1-4H3/t13-,15-/m0/s1. The number of ether oxygens (including phenoxy) is 2. The Bertz CT molecular complexity index is 962. The first-order chi connectivity index (χ1) is 13.8. The Hall–Kier alpha value is -2.22. The molecule has 8 heteroatoms. The van der Waals surface area contributed by atoms with Crippen molar-refractivity contribution < 1.29 is 19.1 Å². The highest BCUT2D eigenvalue weighted by atomic mass is 32.1. The van der Waals surface area contributed by atoms with E-state index in [1.807, 2.05) is 13.8 Å². The lowest BCUT2D eigenvalue weighted by atomic mass is 9.89. The van der Waals surface area contributed by atoms with Gasteiger partial charge in [-0.3, -0.25) is 14.2 Å². The lowest BCUT2D eigenvalue weighted by molar-refractivity contribution is -0.152. The predicted molar refractivity (Wildman–Crippen MR) is 111 cm³/mol. The maximum atomic E-state index is 12.9. The van der Waals surface area contributed by atoms with Crippen molar-refractivity contribution in [2.24, 2.45) is 11.8 Å². The number of carbonyl (C=O) groups is 2. The van der Waals surface area contributed by atoms with E-state index in [1.165, 1.54) is 10.9 Å². The Morgan fingerprint density at radius 2 is 2.10 bits per heavy atom. The maximum absolute atomic E-state index is 12.9. The Morgan fingerprint density at radius 3 is 2.79 bits per heavy atom. The fourth-order valence-electron chi connectivity index (χ4n) is 3.62. The zero-order valence-electron chi connectivity index (χ0n) is 17.4. The zero-order valence-corrected chi connectivity index (χ0v) is 18.2. The van der Waals surface area contributed by atoms with E-state index in [0.29, 0.717) is 33.2 Å². The molecule has 7 nitrogen and oxygen atoms in total. The van der Waals surface area contributed by atoms with Crippen LogP contribution in [0.3, 0.4) is 0 Å². The SMILES string of the molecule is Cc1c(C(=O)OCC(C)C)sc2ncn(CC(=O)O[C@H]3CCC[C@H](C)C3)c(=O)c12. The minimum absolute atomic E-state index is 0.0798. The van der Waals surface area contributed by atoms with Gasteiger partial charge in [0.2, 0.25) is 0 Å². The molecule has 0 saturated heterocycles. The summed E-state index contributed by atoms with van der Waals surface area (Å²) < 4.78 is 12.1. The van der Waals surface area contributed by atoms with Crippen LogP contribution in [0, 0.1) is 18.8 Å². The van der Waals surface area contributed by atoms with Gasteiger partial charge in [0.25, 0.3) is 5.56 Å². The van der Waals surface area contributed by atoms with Crippen LogP contribution in [0.25, 0.3) is 10.2 Å². The lowest BCUT2D eigenvalue weighted by Crippen LogP contribution is -2.30. The molecule has 0 spiro atoms. The maximum Gasteiger partial charge on any atom is 0.348 e. The fourth-order valence-corrected chi connectivity index (χ4v) is 4.66. The van der Waals surface area contributed by atoms with Crippen molar-refractivity contribution in [1.82, 2.24) is 9.55 Å². The third kappa shape index (κ3) is 5.04. The van der Waals surface area contributed by atoms with Gasteiger partial charge in [-0.1, -0.05) is 27.2 Å². The normalized spacial score (nSPS) is 19.5. The van der Waals surface area contributed by atoms with E-state index in [9.17, 15) is 14.4 Å². The predicted octanol–water partition coefficient (Wildman–Crippen LogP) is 3.70. The molecule has 0 bridgehead atoms. The minimum Gasteiger partial charge on any atom is -0.461 e. The number of hydrogen-bond donors (Lipinski definition) is 0. The van der Waals surface area contributed by atoms with Crippen molar-refractivity contribution in [3.8, 4) is 0 Å². The molecule has 158 valence electrons. The van der Waals surface area contributed by atoms with Gasteiger partial charge >= 0.3 is 11.9 Å². The molecule has 29 heavy (non-hydrogen) atoms. The highest BCUT2D eigenvalue weighted by Crippen LogP contribution is 2.28. The van der Waals surface area contributed by atoms with Crippen LogP contribution in [0.4, 0.5) is 0 Å². The van der Waals surface area contributed by atoms with Gasteiger partial charge in [0.15, 0.2) is 0 Å². The van der Waals surface area contributed by atoms with Gasteiger partial charge in [0, 0.05) is 0 Å².